The number of aromatic nitrogens is 1. The van der Waals surface area contributed by atoms with E-state index in [4.69, 9.17) is 11.6 Å². The molecule has 142 valence electrons. The van der Waals surface area contributed by atoms with Crippen LogP contribution in [0.1, 0.15) is 5.69 Å². The first kappa shape index (κ1) is 22.6. The molecule has 0 atom stereocenters. The van der Waals surface area contributed by atoms with Gasteiger partial charge in [-0.3, -0.25) is 9.98 Å². The fourth-order valence-electron chi connectivity index (χ4n) is 1.98. The molecule has 0 aliphatic carbocycles. The van der Waals surface area contributed by atoms with E-state index in [2.05, 4.69) is 25.3 Å². The summed E-state index contributed by atoms with van der Waals surface area (Å²) in [5, 5.41) is 6.51. The lowest BCUT2D eigenvalue weighted by Crippen LogP contribution is -2.41. The second-order valence-electron chi connectivity index (χ2n) is 5.03. The molecule has 0 amide bonds. The van der Waals surface area contributed by atoms with Gasteiger partial charge < -0.3 is 10.6 Å². The van der Waals surface area contributed by atoms with E-state index < -0.39 is 10.0 Å². The van der Waals surface area contributed by atoms with Gasteiger partial charge in [-0.15, -0.1) is 24.0 Å². The molecule has 26 heavy (non-hydrogen) atoms. The Morgan fingerprint density at radius 2 is 1.96 bits per heavy atom. The Kier molecular flexibility index (Phi) is 9.84. The summed E-state index contributed by atoms with van der Waals surface area (Å²) >= 11 is 5.82. The molecule has 1 aromatic heterocycles. The standard InChI is InChI=1S/C16H20ClN5O2S.HI/c1-18-16(21-12-14-6-2-3-8-19-14)20-9-10-22-25(23,24)15-7-4-5-13(17)11-15;/h2-8,11,22H,9-10,12H2,1H3,(H2,18,20,21);1H. The van der Waals surface area contributed by atoms with Crippen molar-refractivity contribution in [3.63, 3.8) is 0 Å². The lowest BCUT2D eigenvalue weighted by molar-refractivity contribution is 0.580. The van der Waals surface area contributed by atoms with Crippen LogP contribution in [-0.4, -0.2) is 39.5 Å². The molecule has 0 spiro atoms. The van der Waals surface area contributed by atoms with E-state index in [0.29, 0.717) is 24.1 Å². The van der Waals surface area contributed by atoms with Gasteiger partial charge >= 0.3 is 0 Å². The van der Waals surface area contributed by atoms with Crippen molar-refractivity contribution in [2.45, 2.75) is 11.4 Å². The molecular formula is C16H21ClIN5O2S. The summed E-state index contributed by atoms with van der Waals surface area (Å²) in [5.74, 6) is 0.563. The van der Waals surface area contributed by atoms with Crippen LogP contribution in [0.2, 0.25) is 5.02 Å². The van der Waals surface area contributed by atoms with Crippen LogP contribution in [0.15, 0.2) is 58.5 Å². The monoisotopic (exact) mass is 509 g/mol. The van der Waals surface area contributed by atoms with E-state index in [0.717, 1.165) is 5.69 Å². The number of nitrogens with zero attached hydrogens (tertiary/aromatic N) is 2. The Hall–Kier alpha value is -1.43. The summed E-state index contributed by atoms with van der Waals surface area (Å²) in [5.41, 5.74) is 0.882. The van der Waals surface area contributed by atoms with E-state index in [1.54, 1.807) is 25.4 Å². The summed E-state index contributed by atoms with van der Waals surface area (Å²) in [4.78, 5) is 8.42. The summed E-state index contributed by atoms with van der Waals surface area (Å²) in [6.07, 6.45) is 1.72. The maximum Gasteiger partial charge on any atom is 0.240 e. The molecule has 10 heteroatoms. The van der Waals surface area contributed by atoms with Gasteiger partial charge in [0, 0.05) is 31.4 Å². The number of benzene rings is 1. The zero-order chi connectivity index (χ0) is 18.1. The van der Waals surface area contributed by atoms with Crippen molar-refractivity contribution in [2.75, 3.05) is 20.1 Å². The largest absolute Gasteiger partial charge is 0.355 e. The van der Waals surface area contributed by atoms with Crippen LogP contribution in [0, 0.1) is 0 Å². The van der Waals surface area contributed by atoms with Crippen molar-refractivity contribution in [2.24, 2.45) is 4.99 Å². The quantitative estimate of drug-likeness (QED) is 0.230. The van der Waals surface area contributed by atoms with Crippen LogP contribution >= 0.6 is 35.6 Å². The van der Waals surface area contributed by atoms with Crippen LogP contribution in [-0.2, 0) is 16.6 Å². The Bertz CT molecular complexity index is 818. The molecule has 2 rings (SSSR count). The molecule has 0 saturated carbocycles. The highest BCUT2D eigenvalue weighted by Crippen LogP contribution is 2.14. The van der Waals surface area contributed by atoms with Crippen LogP contribution < -0.4 is 15.4 Å². The highest BCUT2D eigenvalue weighted by atomic mass is 127. The van der Waals surface area contributed by atoms with E-state index in [1.807, 2.05) is 18.2 Å². The first-order valence-electron chi connectivity index (χ1n) is 7.61. The Morgan fingerprint density at radius 3 is 2.62 bits per heavy atom. The highest BCUT2D eigenvalue weighted by Gasteiger charge is 2.13. The maximum absolute atomic E-state index is 12.2. The van der Waals surface area contributed by atoms with Gasteiger partial charge in [-0.2, -0.15) is 0 Å². The van der Waals surface area contributed by atoms with Crippen LogP contribution in [0.4, 0.5) is 0 Å². The van der Waals surface area contributed by atoms with Crippen molar-refractivity contribution in [1.82, 2.24) is 20.3 Å². The lowest BCUT2D eigenvalue weighted by Gasteiger charge is -2.12. The molecule has 0 bridgehead atoms. The van der Waals surface area contributed by atoms with E-state index in [1.165, 1.54) is 12.1 Å². The predicted octanol–water partition coefficient (Wildman–Crippen LogP) is 2.00. The third kappa shape index (κ3) is 7.44. The fourth-order valence-corrected chi connectivity index (χ4v) is 3.31. The van der Waals surface area contributed by atoms with Crippen molar-refractivity contribution < 1.29 is 8.42 Å². The average Bonchev–Trinajstić information content (AvgIpc) is 2.62. The normalized spacial score (nSPS) is 11.5. The Labute approximate surface area is 175 Å². The summed E-state index contributed by atoms with van der Waals surface area (Å²) in [6, 6.07) is 11.8. The number of pyridine rings is 1. The van der Waals surface area contributed by atoms with Gasteiger partial charge in [0.2, 0.25) is 10.0 Å². The second-order valence-corrected chi connectivity index (χ2v) is 7.23. The first-order valence-corrected chi connectivity index (χ1v) is 9.47. The zero-order valence-electron chi connectivity index (χ0n) is 14.1. The van der Waals surface area contributed by atoms with Gasteiger partial charge in [0.15, 0.2) is 5.96 Å². The van der Waals surface area contributed by atoms with E-state index in [9.17, 15) is 8.42 Å². The van der Waals surface area contributed by atoms with Crippen LogP contribution in [0.5, 0.6) is 0 Å². The second kappa shape index (κ2) is 11.3. The molecule has 7 nitrogen and oxygen atoms in total. The number of halogens is 2. The smallest absolute Gasteiger partial charge is 0.240 e. The number of hydrogen-bond acceptors (Lipinski definition) is 4. The number of aliphatic imine (C=N–C) groups is 1. The molecule has 0 saturated heterocycles. The predicted molar refractivity (Wildman–Crippen MR) is 114 cm³/mol. The third-order valence-electron chi connectivity index (χ3n) is 3.20. The summed E-state index contributed by atoms with van der Waals surface area (Å²) in [6.45, 7) is 1.11. The molecule has 0 aliphatic rings. The summed E-state index contributed by atoms with van der Waals surface area (Å²) in [7, 11) is -1.94. The minimum Gasteiger partial charge on any atom is -0.355 e. The minimum absolute atomic E-state index is 0. The van der Waals surface area contributed by atoms with Gasteiger partial charge in [0.05, 0.1) is 17.1 Å². The van der Waals surface area contributed by atoms with Crippen LogP contribution in [0.3, 0.4) is 0 Å². The molecule has 1 heterocycles. The Balaban J connectivity index is 0.00000338. The lowest BCUT2D eigenvalue weighted by atomic mass is 10.3. The number of nitrogens with one attached hydrogen (secondary N) is 3. The summed E-state index contributed by atoms with van der Waals surface area (Å²) < 4.78 is 26.8. The molecule has 0 fully saturated rings. The molecule has 0 unspecified atom stereocenters. The molecule has 2 aromatic rings. The van der Waals surface area contributed by atoms with E-state index >= 15 is 0 Å². The molecule has 0 aliphatic heterocycles. The average molecular weight is 510 g/mol. The fraction of sp³-hybridized carbons (Fsp3) is 0.250. The third-order valence-corrected chi connectivity index (χ3v) is 4.90. The number of rotatable bonds is 7. The number of hydrogen-bond donors (Lipinski definition) is 3. The van der Waals surface area contributed by atoms with Gasteiger partial charge in [-0.25, -0.2) is 13.1 Å². The minimum atomic E-state index is -3.59. The van der Waals surface area contributed by atoms with Gasteiger partial charge in [0.1, 0.15) is 0 Å². The Morgan fingerprint density at radius 1 is 1.15 bits per heavy atom. The SMILES string of the molecule is CN=C(NCCNS(=O)(=O)c1cccc(Cl)c1)NCc1ccccn1.I. The zero-order valence-corrected chi connectivity index (χ0v) is 18.0. The topological polar surface area (TPSA) is 95.5 Å². The van der Waals surface area contributed by atoms with Crippen molar-refractivity contribution >= 4 is 51.6 Å². The van der Waals surface area contributed by atoms with E-state index in [-0.39, 0.29) is 35.4 Å². The highest BCUT2D eigenvalue weighted by molar-refractivity contribution is 14.0. The molecular weight excluding hydrogens is 489 g/mol. The van der Waals surface area contributed by atoms with Gasteiger partial charge in [-0.05, 0) is 30.3 Å². The number of guanidine groups is 1. The first-order chi connectivity index (χ1) is 12.0. The van der Waals surface area contributed by atoms with Crippen molar-refractivity contribution in [3.05, 3.63) is 59.4 Å². The van der Waals surface area contributed by atoms with Crippen LogP contribution in [0.25, 0.3) is 0 Å². The van der Waals surface area contributed by atoms with Crippen molar-refractivity contribution in [1.29, 1.82) is 0 Å². The molecule has 0 radical (unpaired) electrons. The molecule has 3 N–H and O–H groups in total. The van der Waals surface area contributed by atoms with Crippen molar-refractivity contribution in [3.8, 4) is 0 Å². The van der Waals surface area contributed by atoms with Gasteiger partial charge in [-0.1, -0.05) is 23.7 Å². The van der Waals surface area contributed by atoms with Gasteiger partial charge in [0.25, 0.3) is 0 Å². The number of sulfonamides is 1. The maximum atomic E-state index is 12.2. The molecule has 1 aromatic carbocycles.